The average Bonchev–Trinajstić information content (AvgIpc) is 2.27. The molecule has 0 unspecified atom stereocenters. The maximum atomic E-state index is 11.0. The molecular weight excluding hydrogens is 192 g/mol. The van der Waals surface area contributed by atoms with Gasteiger partial charge in [-0.3, -0.25) is 4.79 Å². The Kier molecular flexibility index (Phi) is 4.16. The topological polar surface area (TPSA) is 35.5 Å². The molecule has 1 aromatic carbocycles. The smallest absolute Gasteiger partial charge is 0.305 e. The lowest BCUT2D eigenvalue weighted by Crippen LogP contribution is -2.02. The van der Waals surface area contributed by atoms with Gasteiger partial charge in [-0.15, -0.1) is 0 Å². The van der Waals surface area contributed by atoms with E-state index in [1.807, 2.05) is 25.1 Å². The summed E-state index contributed by atoms with van der Waals surface area (Å²) >= 11 is 0. The highest BCUT2D eigenvalue weighted by molar-refractivity contribution is 5.69. The molecule has 0 aromatic heterocycles. The molecule has 1 rings (SSSR count). The number of esters is 1. The summed E-state index contributed by atoms with van der Waals surface area (Å²) in [4.78, 5) is 11.0. The van der Waals surface area contributed by atoms with Gasteiger partial charge in [0, 0.05) is 6.42 Å². The molecule has 0 atom stereocenters. The zero-order valence-corrected chi connectivity index (χ0v) is 9.37. The lowest BCUT2D eigenvalue weighted by atomic mass is 10.1. The van der Waals surface area contributed by atoms with Crippen LogP contribution in [0.3, 0.4) is 0 Å². The number of ether oxygens (including phenoxy) is 2. The summed E-state index contributed by atoms with van der Waals surface area (Å²) < 4.78 is 9.78. The van der Waals surface area contributed by atoms with Crippen molar-refractivity contribution in [3.8, 4) is 5.75 Å². The SMILES string of the molecule is COC(=O)CCc1ccc(C)c(OC)c1. The van der Waals surface area contributed by atoms with E-state index in [4.69, 9.17) is 4.74 Å². The minimum Gasteiger partial charge on any atom is -0.496 e. The first-order valence-electron chi connectivity index (χ1n) is 4.87. The molecule has 15 heavy (non-hydrogen) atoms. The lowest BCUT2D eigenvalue weighted by Gasteiger charge is -2.07. The quantitative estimate of drug-likeness (QED) is 0.711. The van der Waals surface area contributed by atoms with Crippen LogP contribution in [0.25, 0.3) is 0 Å². The van der Waals surface area contributed by atoms with E-state index in [2.05, 4.69) is 4.74 Å². The summed E-state index contributed by atoms with van der Waals surface area (Å²) in [6.07, 6.45) is 1.09. The van der Waals surface area contributed by atoms with Gasteiger partial charge < -0.3 is 9.47 Å². The second-order valence-corrected chi connectivity index (χ2v) is 3.38. The fourth-order valence-electron chi connectivity index (χ4n) is 1.37. The Morgan fingerprint density at radius 2 is 2.07 bits per heavy atom. The van der Waals surface area contributed by atoms with Gasteiger partial charge in [0.05, 0.1) is 14.2 Å². The standard InChI is InChI=1S/C12H16O3/c1-9-4-5-10(8-11(9)14-2)6-7-12(13)15-3/h4-5,8H,6-7H2,1-3H3. The summed E-state index contributed by atoms with van der Waals surface area (Å²) in [5, 5.41) is 0. The van der Waals surface area contributed by atoms with Crippen LogP contribution < -0.4 is 4.74 Å². The molecule has 0 aliphatic rings. The van der Waals surface area contributed by atoms with Crippen molar-refractivity contribution >= 4 is 5.97 Å². The molecule has 0 N–H and O–H groups in total. The summed E-state index contributed by atoms with van der Waals surface area (Å²) in [6, 6.07) is 5.95. The highest BCUT2D eigenvalue weighted by atomic mass is 16.5. The van der Waals surface area contributed by atoms with E-state index in [9.17, 15) is 4.79 Å². The van der Waals surface area contributed by atoms with E-state index in [0.29, 0.717) is 12.8 Å². The van der Waals surface area contributed by atoms with Gasteiger partial charge in [0.1, 0.15) is 5.75 Å². The molecule has 0 heterocycles. The molecule has 0 bridgehead atoms. The molecule has 3 heteroatoms. The third-order valence-corrected chi connectivity index (χ3v) is 2.32. The normalized spacial score (nSPS) is 9.80. The van der Waals surface area contributed by atoms with Crippen molar-refractivity contribution in [3.63, 3.8) is 0 Å². The van der Waals surface area contributed by atoms with Crippen LogP contribution in [0.2, 0.25) is 0 Å². The lowest BCUT2D eigenvalue weighted by molar-refractivity contribution is -0.140. The first kappa shape index (κ1) is 11.6. The van der Waals surface area contributed by atoms with Crippen molar-refractivity contribution < 1.29 is 14.3 Å². The van der Waals surface area contributed by atoms with Crippen LogP contribution in [0.1, 0.15) is 17.5 Å². The zero-order valence-electron chi connectivity index (χ0n) is 9.37. The zero-order chi connectivity index (χ0) is 11.3. The molecule has 0 spiro atoms. The number of benzene rings is 1. The average molecular weight is 208 g/mol. The molecule has 0 saturated heterocycles. The van der Waals surface area contributed by atoms with Crippen molar-refractivity contribution in [1.29, 1.82) is 0 Å². The molecule has 0 amide bonds. The highest BCUT2D eigenvalue weighted by Crippen LogP contribution is 2.19. The molecule has 0 aliphatic heterocycles. The monoisotopic (exact) mass is 208 g/mol. The van der Waals surface area contributed by atoms with Gasteiger partial charge in [-0.2, -0.15) is 0 Å². The fraction of sp³-hybridized carbons (Fsp3) is 0.417. The number of carbonyl (C=O) groups is 1. The highest BCUT2D eigenvalue weighted by Gasteiger charge is 2.04. The summed E-state index contributed by atoms with van der Waals surface area (Å²) in [7, 11) is 3.05. The molecule has 82 valence electrons. The first-order chi connectivity index (χ1) is 7.17. The molecule has 0 aliphatic carbocycles. The van der Waals surface area contributed by atoms with Crippen molar-refractivity contribution in [3.05, 3.63) is 29.3 Å². The van der Waals surface area contributed by atoms with E-state index >= 15 is 0 Å². The van der Waals surface area contributed by atoms with Gasteiger partial charge in [-0.05, 0) is 30.5 Å². The van der Waals surface area contributed by atoms with Crippen LogP contribution in [0.15, 0.2) is 18.2 Å². The van der Waals surface area contributed by atoms with E-state index in [1.165, 1.54) is 7.11 Å². The van der Waals surface area contributed by atoms with E-state index in [0.717, 1.165) is 16.9 Å². The van der Waals surface area contributed by atoms with Crippen molar-refractivity contribution in [2.45, 2.75) is 19.8 Å². The molecule has 1 aromatic rings. The van der Waals surface area contributed by atoms with Crippen LogP contribution in [-0.2, 0) is 16.0 Å². The van der Waals surface area contributed by atoms with Crippen LogP contribution in [0, 0.1) is 6.92 Å². The maximum absolute atomic E-state index is 11.0. The van der Waals surface area contributed by atoms with Crippen molar-refractivity contribution in [2.75, 3.05) is 14.2 Å². The van der Waals surface area contributed by atoms with E-state index in [1.54, 1.807) is 7.11 Å². The Labute approximate surface area is 90.0 Å². The molecule has 3 nitrogen and oxygen atoms in total. The van der Waals surface area contributed by atoms with Crippen LogP contribution in [0.4, 0.5) is 0 Å². The first-order valence-corrected chi connectivity index (χ1v) is 4.87. The van der Waals surface area contributed by atoms with Gasteiger partial charge >= 0.3 is 5.97 Å². The second kappa shape index (κ2) is 5.39. The predicted octanol–water partition coefficient (Wildman–Crippen LogP) is 2.11. The van der Waals surface area contributed by atoms with E-state index in [-0.39, 0.29) is 5.97 Å². The summed E-state index contributed by atoms with van der Waals surface area (Å²) in [5.41, 5.74) is 2.18. The Hall–Kier alpha value is -1.51. The Bertz CT molecular complexity index is 345. The van der Waals surface area contributed by atoms with Gasteiger partial charge in [0.2, 0.25) is 0 Å². The number of carbonyl (C=O) groups excluding carboxylic acids is 1. The second-order valence-electron chi connectivity index (χ2n) is 3.38. The Balaban J connectivity index is 2.66. The third kappa shape index (κ3) is 3.27. The molecular formula is C12H16O3. The fourth-order valence-corrected chi connectivity index (χ4v) is 1.37. The van der Waals surface area contributed by atoms with Crippen LogP contribution in [-0.4, -0.2) is 20.2 Å². The molecule has 0 saturated carbocycles. The maximum Gasteiger partial charge on any atom is 0.305 e. The van der Waals surface area contributed by atoms with Gasteiger partial charge in [0.25, 0.3) is 0 Å². The Morgan fingerprint density at radius 3 is 2.67 bits per heavy atom. The van der Waals surface area contributed by atoms with Crippen LogP contribution in [0.5, 0.6) is 5.75 Å². The van der Waals surface area contributed by atoms with Crippen molar-refractivity contribution in [1.82, 2.24) is 0 Å². The van der Waals surface area contributed by atoms with E-state index < -0.39 is 0 Å². The number of methoxy groups -OCH3 is 2. The van der Waals surface area contributed by atoms with Gasteiger partial charge in [-0.1, -0.05) is 12.1 Å². The summed E-state index contributed by atoms with van der Waals surface area (Å²) in [6.45, 7) is 1.99. The molecule has 0 fully saturated rings. The van der Waals surface area contributed by atoms with Gasteiger partial charge in [-0.25, -0.2) is 0 Å². The number of rotatable bonds is 4. The minimum absolute atomic E-state index is 0.186. The number of hydrogen-bond donors (Lipinski definition) is 0. The largest absolute Gasteiger partial charge is 0.496 e. The predicted molar refractivity (Wildman–Crippen MR) is 58.1 cm³/mol. The van der Waals surface area contributed by atoms with Crippen LogP contribution >= 0.6 is 0 Å². The Morgan fingerprint density at radius 1 is 1.33 bits per heavy atom. The molecule has 0 radical (unpaired) electrons. The summed E-state index contributed by atoms with van der Waals surface area (Å²) in [5.74, 6) is 0.673. The van der Waals surface area contributed by atoms with Crippen molar-refractivity contribution in [2.24, 2.45) is 0 Å². The number of hydrogen-bond acceptors (Lipinski definition) is 3. The number of aryl methyl sites for hydroxylation is 2. The van der Waals surface area contributed by atoms with Gasteiger partial charge in [0.15, 0.2) is 0 Å². The minimum atomic E-state index is -0.186. The third-order valence-electron chi connectivity index (χ3n) is 2.32.